The standard InChI is InChI=1S/C22H27N3O2/c1-17(25-12-11-18-7-5-6-10-20(18)25)15-23-22(26)24-13-14-27-21(16-24)19-8-3-2-4-9-19/h2-10,17,21H,11-16H2,1H3,(H,23,26). The average molecular weight is 365 g/mol. The molecule has 2 aliphatic heterocycles. The van der Waals surface area contributed by atoms with E-state index in [1.165, 1.54) is 11.3 Å². The van der Waals surface area contributed by atoms with Crippen LogP contribution in [0.3, 0.4) is 0 Å². The Hall–Kier alpha value is -2.53. The number of hydrogen-bond donors (Lipinski definition) is 1. The second-order valence-corrected chi connectivity index (χ2v) is 7.32. The van der Waals surface area contributed by atoms with Crippen molar-refractivity contribution in [2.24, 2.45) is 0 Å². The predicted molar refractivity (Wildman–Crippen MR) is 107 cm³/mol. The quantitative estimate of drug-likeness (QED) is 0.905. The molecule has 2 atom stereocenters. The van der Waals surface area contributed by atoms with Crippen LogP contribution in [0.4, 0.5) is 10.5 Å². The largest absolute Gasteiger partial charge is 0.370 e. The Morgan fingerprint density at radius 2 is 1.93 bits per heavy atom. The van der Waals surface area contributed by atoms with Crippen molar-refractivity contribution in [1.29, 1.82) is 0 Å². The van der Waals surface area contributed by atoms with Crippen LogP contribution in [0.2, 0.25) is 0 Å². The van der Waals surface area contributed by atoms with E-state index in [-0.39, 0.29) is 18.2 Å². The molecule has 1 saturated heterocycles. The van der Waals surface area contributed by atoms with Gasteiger partial charge in [0.25, 0.3) is 0 Å². The fraction of sp³-hybridized carbons (Fsp3) is 0.409. The molecule has 0 bridgehead atoms. The zero-order valence-electron chi connectivity index (χ0n) is 15.8. The number of amides is 2. The number of carbonyl (C=O) groups excluding carboxylic acids is 1. The Balaban J connectivity index is 1.31. The van der Waals surface area contributed by atoms with Gasteiger partial charge in [0, 0.05) is 31.4 Å². The van der Waals surface area contributed by atoms with Crippen molar-refractivity contribution in [2.45, 2.75) is 25.5 Å². The topological polar surface area (TPSA) is 44.8 Å². The Morgan fingerprint density at radius 3 is 2.78 bits per heavy atom. The van der Waals surface area contributed by atoms with Crippen LogP contribution < -0.4 is 10.2 Å². The summed E-state index contributed by atoms with van der Waals surface area (Å²) in [7, 11) is 0. The normalized spacial score (nSPS) is 20.3. The maximum atomic E-state index is 12.7. The van der Waals surface area contributed by atoms with Crippen molar-refractivity contribution in [3.05, 3.63) is 65.7 Å². The van der Waals surface area contributed by atoms with Gasteiger partial charge in [-0.15, -0.1) is 0 Å². The number of nitrogens with one attached hydrogen (secondary N) is 1. The van der Waals surface area contributed by atoms with Gasteiger partial charge in [0.05, 0.1) is 13.2 Å². The molecule has 5 nitrogen and oxygen atoms in total. The number of fused-ring (bicyclic) bond motifs is 1. The molecule has 2 aliphatic rings. The number of benzene rings is 2. The van der Waals surface area contributed by atoms with Gasteiger partial charge >= 0.3 is 6.03 Å². The number of anilines is 1. The molecule has 2 amide bonds. The number of nitrogens with zero attached hydrogens (tertiary/aromatic N) is 2. The van der Waals surface area contributed by atoms with E-state index in [2.05, 4.69) is 53.5 Å². The molecule has 0 aliphatic carbocycles. The first-order valence-corrected chi connectivity index (χ1v) is 9.76. The molecule has 1 N–H and O–H groups in total. The third kappa shape index (κ3) is 3.93. The summed E-state index contributed by atoms with van der Waals surface area (Å²) in [4.78, 5) is 16.9. The summed E-state index contributed by atoms with van der Waals surface area (Å²) in [6, 6.07) is 18.9. The molecule has 0 radical (unpaired) electrons. The number of ether oxygens (including phenoxy) is 1. The molecule has 142 valence electrons. The summed E-state index contributed by atoms with van der Waals surface area (Å²) in [5.41, 5.74) is 3.82. The van der Waals surface area contributed by atoms with E-state index in [0.717, 1.165) is 18.5 Å². The van der Waals surface area contributed by atoms with Crippen LogP contribution in [0.1, 0.15) is 24.2 Å². The fourth-order valence-corrected chi connectivity index (χ4v) is 3.98. The minimum absolute atomic E-state index is 0.00133. The summed E-state index contributed by atoms with van der Waals surface area (Å²) in [5, 5.41) is 3.12. The number of carbonyl (C=O) groups is 1. The molecule has 2 heterocycles. The van der Waals surface area contributed by atoms with Crippen LogP contribution in [0.15, 0.2) is 54.6 Å². The molecule has 27 heavy (non-hydrogen) atoms. The van der Waals surface area contributed by atoms with Crippen molar-refractivity contribution < 1.29 is 9.53 Å². The maximum Gasteiger partial charge on any atom is 0.317 e. The lowest BCUT2D eigenvalue weighted by Gasteiger charge is -2.34. The highest BCUT2D eigenvalue weighted by Gasteiger charge is 2.27. The van der Waals surface area contributed by atoms with Crippen molar-refractivity contribution in [3.63, 3.8) is 0 Å². The van der Waals surface area contributed by atoms with Gasteiger partial charge in [-0.3, -0.25) is 0 Å². The van der Waals surface area contributed by atoms with Crippen LogP contribution in [0.25, 0.3) is 0 Å². The summed E-state index contributed by atoms with van der Waals surface area (Å²) in [6.45, 7) is 5.63. The lowest BCUT2D eigenvalue weighted by molar-refractivity contribution is -0.0154. The second-order valence-electron chi connectivity index (χ2n) is 7.32. The van der Waals surface area contributed by atoms with Gasteiger partial charge in [0.2, 0.25) is 0 Å². The van der Waals surface area contributed by atoms with Gasteiger partial charge in [0.1, 0.15) is 6.10 Å². The van der Waals surface area contributed by atoms with E-state index >= 15 is 0 Å². The van der Waals surface area contributed by atoms with Gasteiger partial charge < -0.3 is 19.9 Å². The molecule has 5 heteroatoms. The van der Waals surface area contributed by atoms with E-state index in [0.29, 0.717) is 26.2 Å². The monoisotopic (exact) mass is 365 g/mol. The molecule has 2 aromatic rings. The lowest BCUT2D eigenvalue weighted by Crippen LogP contribution is -2.50. The molecule has 4 rings (SSSR count). The summed E-state index contributed by atoms with van der Waals surface area (Å²) in [6.07, 6.45) is 1.03. The molecular weight excluding hydrogens is 338 g/mol. The highest BCUT2D eigenvalue weighted by Crippen LogP contribution is 2.29. The van der Waals surface area contributed by atoms with E-state index in [1.54, 1.807) is 0 Å². The number of urea groups is 1. The van der Waals surface area contributed by atoms with E-state index in [9.17, 15) is 4.79 Å². The molecule has 2 unspecified atom stereocenters. The number of morpholine rings is 1. The molecule has 1 fully saturated rings. The molecular formula is C22H27N3O2. The van der Waals surface area contributed by atoms with Crippen LogP contribution in [0.5, 0.6) is 0 Å². The Labute approximate surface area is 160 Å². The number of para-hydroxylation sites is 1. The van der Waals surface area contributed by atoms with Gasteiger partial charge in [-0.05, 0) is 30.5 Å². The lowest BCUT2D eigenvalue weighted by atomic mass is 10.1. The van der Waals surface area contributed by atoms with E-state index in [1.807, 2.05) is 23.1 Å². The van der Waals surface area contributed by atoms with Crippen molar-refractivity contribution in [3.8, 4) is 0 Å². The van der Waals surface area contributed by atoms with Crippen LogP contribution in [0, 0.1) is 0 Å². The van der Waals surface area contributed by atoms with E-state index < -0.39 is 0 Å². The molecule has 0 spiro atoms. The zero-order chi connectivity index (χ0) is 18.6. The highest BCUT2D eigenvalue weighted by molar-refractivity contribution is 5.74. The molecule has 0 aromatic heterocycles. The molecule has 2 aromatic carbocycles. The van der Waals surface area contributed by atoms with Crippen LogP contribution >= 0.6 is 0 Å². The Kier molecular flexibility index (Phi) is 5.30. The third-order valence-electron chi connectivity index (χ3n) is 5.53. The first kappa shape index (κ1) is 17.9. The summed E-state index contributed by atoms with van der Waals surface area (Å²) in [5.74, 6) is 0. The first-order valence-electron chi connectivity index (χ1n) is 9.76. The summed E-state index contributed by atoms with van der Waals surface area (Å²) >= 11 is 0. The zero-order valence-corrected chi connectivity index (χ0v) is 15.8. The maximum absolute atomic E-state index is 12.7. The number of hydrogen-bond acceptors (Lipinski definition) is 3. The van der Waals surface area contributed by atoms with Crippen LogP contribution in [-0.4, -0.2) is 49.8 Å². The summed E-state index contributed by atoms with van der Waals surface area (Å²) < 4.78 is 5.86. The third-order valence-corrected chi connectivity index (χ3v) is 5.53. The van der Waals surface area contributed by atoms with Gasteiger partial charge in [-0.2, -0.15) is 0 Å². The minimum Gasteiger partial charge on any atom is -0.370 e. The molecule has 0 saturated carbocycles. The first-order chi connectivity index (χ1) is 13.2. The van der Waals surface area contributed by atoms with Crippen molar-refractivity contribution in [2.75, 3.05) is 37.7 Å². The second kappa shape index (κ2) is 8.01. The SMILES string of the molecule is CC(CNC(=O)N1CCOC(c2ccccc2)C1)N1CCc2ccccc21. The van der Waals surface area contributed by atoms with Crippen molar-refractivity contribution >= 4 is 11.7 Å². The predicted octanol–water partition coefficient (Wildman–Crippen LogP) is 3.22. The van der Waals surface area contributed by atoms with E-state index in [4.69, 9.17) is 4.74 Å². The smallest absolute Gasteiger partial charge is 0.317 e. The van der Waals surface area contributed by atoms with Gasteiger partial charge in [-0.1, -0.05) is 48.5 Å². The highest BCUT2D eigenvalue weighted by atomic mass is 16.5. The number of rotatable bonds is 4. The van der Waals surface area contributed by atoms with Gasteiger partial charge in [0.15, 0.2) is 0 Å². The Morgan fingerprint density at radius 1 is 1.15 bits per heavy atom. The fourth-order valence-electron chi connectivity index (χ4n) is 3.98. The van der Waals surface area contributed by atoms with Crippen molar-refractivity contribution in [1.82, 2.24) is 10.2 Å². The minimum atomic E-state index is -0.0476. The Bertz CT molecular complexity index is 780. The average Bonchev–Trinajstić information content (AvgIpc) is 3.17. The van der Waals surface area contributed by atoms with Crippen LogP contribution in [-0.2, 0) is 11.2 Å². The van der Waals surface area contributed by atoms with Gasteiger partial charge in [-0.25, -0.2) is 4.79 Å².